The van der Waals surface area contributed by atoms with E-state index < -0.39 is 47.0 Å². The number of nitrogens with one attached hydrogen (secondary N) is 1. The molecular formula is C36H37N5O8. The number of H-pyrrole nitrogens is 1. The standard InChI is InChI=1S/C36H37N5O8/c1-21(31(37)43)17-27-39-32-28(33(44)40-27)38-20-41(32)34-29-30(42)35(49-34,18-47-29)19-48-36(22-7-5-4-6-8-22,23-9-13-25(45-2)14-10-23)24-11-15-26(46-3)16-12-24/h4-16,20-21,29-30,34,42H,17-19H2,1-3H3,(H2,37,43)(H,39,40,44)/t21?,29-,30+,34-,35-/m1/s1. The van der Waals surface area contributed by atoms with Gasteiger partial charge in [0.25, 0.3) is 5.56 Å². The molecule has 254 valence electrons. The van der Waals surface area contributed by atoms with Crippen LogP contribution in [0, 0.1) is 5.92 Å². The fourth-order valence-electron chi connectivity index (χ4n) is 6.69. The summed E-state index contributed by atoms with van der Waals surface area (Å²) in [6.07, 6.45) is -1.20. The van der Waals surface area contributed by atoms with E-state index in [4.69, 9.17) is 29.4 Å². The molecule has 2 aromatic heterocycles. The Balaban J connectivity index is 1.27. The number of primary amides is 1. The van der Waals surface area contributed by atoms with Gasteiger partial charge in [-0.3, -0.25) is 14.2 Å². The van der Waals surface area contributed by atoms with E-state index >= 15 is 0 Å². The number of aliphatic hydroxyl groups excluding tert-OH is 1. The molecule has 2 aliphatic heterocycles. The number of carbonyl (C=O) groups excluding carboxylic acids is 1. The van der Waals surface area contributed by atoms with Crippen molar-refractivity contribution in [3.05, 3.63) is 118 Å². The molecule has 0 spiro atoms. The zero-order chi connectivity index (χ0) is 34.3. The lowest BCUT2D eigenvalue weighted by Crippen LogP contribution is -2.48. The Morgan fingerprint density at radius 2 is 1.65 bits per heavy atom. The number of rotatable bonds is 12. The number of carbonyl (C=O) groups is 1. The molecule has 13 nitrogen and oxygen atoms in total. The van der Waals surface area contributed by atoms with Crippen LogP contribution in [0.15, 0.2) is 90.0 Å². The summed E-state index contributed by atoms with van der Waals surface area (Å²) in [4.78, 5) is 36.2. The van der Waals surface area contributed by atoms with Gasteiger partial charge in [0.15, 0.2) is 17.4 Å². The van der Waals surface area contributed by atoms with Crippen LogP contribution in [-0.2, 0) is 31.0 Å². The van der Waals surface area contributed by atoms with Gasteiger partial charge in [-0.1, -0.05) is 61.5 Å². The lowest BCUT2D eigenvalue weighted by atomic mass is 9.79. The number of fused-ring (bicyclic) bond motifs is 3. The van der Waals surface area contributed by atoms with Gasteiger partial charge in [-0.05, 0) is 41.0 Å². The van der Waals surface area contributed by atoms with Crippen LogP contribution in [0.3, 0.4) is 0 Å². The van der Waals surface area contributed by atoms with E-state index in [1.54, 1.807) is 25.7 Å². The van der Waals surface area contributed by atoms with Crippen LogP contribution in [0.4, 0.5) is 0 Å². The molecule has 7 rings (SSSR count). The molecule has 4 N–H and O–H groups in total. The molecule has 2 aliphatic rings. The minimum Gasteiger partial charge on any atom is -0.497 e. The van der Waals surface area contributed by atoms with Crippen molar-refractivity contribution in [2.24, 2.45) is 11.7 Å². The van der Waals surface area contributed by atoms with Gasteiger partial charge >= 0.3 is 0 Å². The van der Waals surface area contributed by atoms with Crippen LogP contribution >= 0.6 is 0 Å². The highest BCUT2D eigenvalue weighted by molar-refractivity contribution is 5.76. The lowest BCUT2D eigenvalue weighted by Gasteiger charge is -2.39. The second-order valence-electron chi connectivity index (χ2n) is 12.4. The largest absolute Gasteiger partial charge is 0.497 e. The van der Waals surface area contributed by atoms with E-state index in [-0.39, 0.29) is 36.6 Å². The molecule has 1 unspecified atom stereocenters. The Kier molecular flexibility index (Phi) is 8.45. The quantitative estimate of drug-likeness (QED) is 0.168. The van der Waals surface area contributed by atoms with Crippen LogP contribution in [0.2, 0.25) is 0 Å². The molecule has 5 atom stereocenters. The van der Waals surface area contributed by atoms with Crippen molar-refractivity contribution in [3.63, 3.8) is 0 Å². The first-order valence-electron chi connectivity index (χ1n) is 15.9. The van der Waals surface area contributed by atoms with Gasteiger partial charge < -0.3 is 39.5 Å². The van der Waals surface area contributed by atoms with Gasteiger partial charge in [0.2, 0.25) is 5.91 Å². The topological polar surface area (TPSA) is 173 Å². The number of benzene rings is 3. The van der Waals surface area contributed by atoms with E-state index in [1.165, 1.54) is 6.33 Å². The molecule has 13 heteroatoms. The van der Waals surface area contributed by atoms with Crippen molar-refractivity contribution in [2.75, 3.05) is 27.4 Å². The fraction of sp³-hybridized carbons (Fsp3) is 0.333. The number of amides is 1. The number of aromatic amines is 1. The van der Waals surface area contributed by atoms with Crippen molar-refractivity contribution in [1.29, 1.82) is 0 Å². The van der Waals surface area contributed by atoms with Gasteiger partial charge in [0.05, 0.1) is 33.8 Å². The maximum absolute atomic E-state index is 12.9. The minimum absolute atomic E-state index is 0.0629. The number of hydrogen-bond donors (Lipinski definition) is 3. The van der Waals surface area contributed by atoms with E-state index in [0.717, 1.165) is 16.7 Å². The van der Waals surface area contributed by atoms with E-state index in [9.17, 15) is 14.7 Å². The average molecular weight is 668 g/mol. The van der Waals surface area contributed by atoms with E-state index in [2.05, 4.69) is 15.0 Å². The van der Waals surface area contributed by atoms with Gasteiger partial charge in [0, 0.05) is 12.3 Å². The molecule has 4 heterocycles. The zero-order valence-electron chi connectivity index (χ0n) is 27.2. The predicted molar refractivity (Wildman–Crippen MR) is 177 cm³/mol. The molecule has 0 aliphatic carbocycles. The van der Waals surface area contributed by atoms with Crippen molar-refractivity contribution in [1.82, 2.24) is 19.5 Å². The first-order valence-corrected chi connectivity index (χ1v) is 15.9. The van der Waals surface area contributed by atoms with Gasteiger partial charge in [-0.15, -0.1) is 0 Å². The molecule has 0 radical (unpaired) electrons. The zero-order valence-corrected chi connectivity index (χ0v) is 27.2. The van der Waals surface area contributed by atoms with E-state index in [1.807, 2.05) is 78.9 Å². The summed E-state index contributed by atoms with van der Waals surface area (Å²) in [5.41, 5.74) is 5.35. The number of methoxy groups -OCH3 is 2. The van der Waals surface area contributed by atoms with Crippen LogP contribution in [0.25, 0.3) is 11.2 Å². The molecule has 0 saturated carbocycles. The first-order chi connectivity index (χ1) is 23.7. The molecule has 2 saturated heterocycles. The number of nitrogens with zero attached hydrogens (tertiary/aromatic N) is 3. The monoisotopic (exact) mass is 667 g/mol. The number of hydrogen-bond acceptors (Lipinski definition) is 10. The normalized spacial score (nSPS) is 22.3. The highest BCUT2D eigenvalue weighted by Gasteiger charge is 2.63. The lowest BCUT2D eigenvalue weighted by molar-refractivity contribution is -0.202. The summed E-state index contributed by atoms with van der Waals surface area (Å²) in [7, 11) is 3.23. The van der Waals surface area contributed by atoms with Crippen molar-refractivity contribution in [2.45, 2.75) is 43.0 Å². The Morgan fingerprint density at radius 3 is 2.24 bits per heavy atom. The molecule has 2 bridgehead atoms. The summed E-state index contributed by atoms with van der Waals surface area (Å²) >= 11 is 0. The van der Waals surface area contributed by atoms with Crippen LogP contribution in [0.1, 0.15) is 35.7 Å². The van der Waals surface area contributed by atoms with Crippen LogP contribution in [-0.4, -0.2) is 75.8 Å². The SMILES string of the molecule is COc1ccc(C(OC[C@@]23CO[C@@H]([C@H](n4cnc5c(=O)[nH]c(CC(C)C(N)=O)nc54)O2)[C@@H]3O)(c2ccccc2)c2ccc(OC)cc2)cc1. The Bertz CT molecular complexity index is 1970. The summed E-state index contributed by atoms with van der Waals surface area (Å²) < 4.78 is 32.4. The molecule has 5 aromatic rings. The summed E-state index contributed by atoms with van der Waals surface area (Å²) in [6, 6.07) is 25.1. The van der Waals surface area contributed by atoms with Gasteiger partial charge in [0.1, 0.15) is 40.7 Å². The Labute approximate surface area is 281 Å². The van der Waals surface area contributed by atoms with Crippen molar-refractivity contribution >= 4 is 17.1 Å². The number of imidazole rings is 1. The second kappa shape index (κ2) is 12.7. The van der Waals surface area contributed by atoms with E-state index in [0.29, 0.717) is 11.5 Å². The van der Waals surface area contributed by atoms with Gasteiger partial charge in [-0.2, -0.15) is 0 Å². The molecular weight excluding hydrogens is 630 g/mol. The number of aliphatic hydroxyl groups is 1. The Hall–Kier alpha value is -5.08. The highest BCUT2D eigenvalue weighted by Crippen LogP contribution is 2.48. The molecule has 1 amide bonds. The van der Waals surface area contributed by atoms with Gasteiger partial charge in [-0.25, -0.2) is 9.97 Å². The molecule has 2 fully saturated rings. The number of nitrogens with two attached hydrogens (primary N) is 1. The number of ether oxygens (including phenoxy) is 5. The third kappa shape index (κ3) is 5.54. The summed E-state index contributed by atoms with van der Waals surface area (Å²) in [6.45, 7) is 1.65. The van der Waals surface area contributed by atoms with Crippen LogP contribution < -0.4 is 20.8 Å². The molecule has 49 heavy (non-hydrogen) atoms. The van der Waals surface area contributed by atoms with Crippen molar-refractivity contribution in [3.8, 4) is 11.5 Å². The smallest absolute Gasteiger partial charge is 0.279 e. The minimum atomic E-state index is -1.28. The molecule has 3 aromatic carbocycles. The fourth-order valence-corrected chi connectivity index (χ4v) is 6.69. The van der Waals surface area contributed by atoms with Crippen molar-refractivity contribution < 1.29 is 33.6 Å². The third-order valence-corrected chi connectivity index (χ3v) is 9.45. The Morgan fingerprint density at radius 1 is 1.04 bits per heavy atom. The maximum Gasteiger partial charge on any atom is 0.279 e. The number of aromatic nitrogens is 4. The first kappa shape index (κ1) is 32.5. The summed E-state index contributed by atoms with van der Waals surface area (Å²) in [5.74, 6) is 0.593. The average Bonchev–Trinajstić information content (AvgIpc) is 3.78. The van der Waals surface area contributed by atoms with Crippen LogP contribution in [0.5, 0.6) is 11.5 Å². The maximum atomic E-state index is 12.9. The highest BCUT2D eigenvalue weighted by atomic mass is 16.7. The third-order valence-electron chi connectivity index (χ3n) is 9.45. The second-order valence-corrected chi connectivity index (χ2v) is 12.4. The summed E-state index contributed by atoms with van der Waals surface area (Å²) in [5, 5.41) is 11.7. The predicted octanol–water partition coefficient (Wildman–Crippen LogP) is 2.84.